The molecule has 2 aliphatic rings. The molecule has 1 unspecified atom stereocenters. The van der Waals surface area contributed by atoms with Crippen molar-refractivity contribution in [2.45, 2.75) is 31.7 Å². The van der Waals surface area contributed by atoms with E-state index in [2.05, 4.69) is 4.98 Å². The van der Waals surface area contributed by atoms with Crippen LogP contribution in [-0.2, 0) is 6.54 Å². The molecule has 1 aromatic rings. The first-order valence-electron chi connectivity index (χ1n) is 6.77. The molecule has 0 saturated heterocycles. The van der Waals surface area contributed by atoms with Gasteiger partial charge >= 0.3 is 0 Å². The Morgan fingerprint density at radius 3 is 3.00 bits per heavy atom. The second-order valence-corrected chi connectivity index (χ2v) is 5.22. The van der Waals surface area contributed by atoms with Gasteiger partial charge in [0.15, 0.2) is 0 Å². The number of hydrogen-bond acceptors (Lipinski definition) is 5. The Bertz CT molecular complexity index is 531. The van der Waals surface area contributed by atoms with Crippen LogP contribution in [0.25, 0.3) is 0 Å². The first-order chi connectivity index (χ1) is 9.72. The van der Waals surface area contributed by atoms with Crippen LogP contribution in [0.1, 0.15) is 30.3 Å². The van der Waals surface area contributed by atoms with Crippen molar-refractivity contribution in [3.63, 3.8) is 0 Å². The highest BCUT2D eigenvalue weighted by molar-refractivity contribution is 5.31. The molecule has 0 spiro atoms. The van der Waals surface area contributed by atoms with Gasteiger partial charge in [0.1, 0.15) is 12.8 Å². The molecule has 1 aliphatic carbocycles. The average molecular weight is 279 g/mol. The van der Waals surface area contributed by atoms with Crippen LogP contribution in [0.3, 0.4) is 0 Å². The lowest BCUT2D eigenvalue weighted by Crippen LogP contribution is -2.23. The van der Waals surface area contributed by atoms with Crippen LogP contribution >= 0.6 is 0 Å². The standard InChI is InChI=1S/C14H18FN3O2/c15-5-9(6-16)8-20-13-4-3-11-12(17-13)7-18(14(11)19)10-1-2-10/h3-5,10,14,19H,1-2,6-8,16H2/b9-5-. The molecule has 3 rings (SSSR count). The van der Waals surface area contributed by atoms with Crippen LogP contribution in [0.2, 0.25) is 0 Å². The molecule has 5 nitrogen and oxygen atoms in total. The molecule has 0 aromatic carbocycles. The summed E-state index contributed by atoms with van der Waals surface area (Å²) in [6.45, 7) is 0.852. The molecule has 3 N–H and O–H groups in total. The zero-order valence-corrected chi connectivity index (χ0v) is 11.1. The van der Waals surface area contributed by atoms with E-state index in [9.17, 15) is 9.50 Å². The molecule has 1 aromatic heterocycles. The first kappa shape index (κ1) is 13.5. The molecule has 0 radical (unpaired) electrons. The van der Waals surface area contributed by atoms with Crippen molar-refractivity contribution in [1.82, 2.24) is 9.88 Å². The Balaban J connectivity index is 1.70. The third kappa shape index (κ3) is 2.54. The fraction of sp³-hybridized carbons (Fsp3) is 0.500. The van der Waals surface area contributed by atoms with E-state index >= 15 is 0 Å². The molecule has 1 aliphatic heterocycles. The fourth-order valence-corrected chi connectivity index (χ4v) is 2.41. The van der Waals surface area contributed by atoms with Gasteiger partial charge in [-0.15, -0.1) is 0 Å². The van der Waals surface area contributed by atoms with E-state index in [1.807, 2.05) is 11.0 Å². The van der Waals surface area contributed by atoms with Crippen molar-refractivity contribution in [3.05, 3.63) is 35.3 Å². The second-order valence-electron chi connectivity index (χ2n) is 5.22. The van der Waals surface area contributed by atoms with Gasteiger partial charge in [-0.05, 0) is 18.9 Å². The van der Waals surface area contributed by atoms with Crippen molar-refractivity contribution in [1.29, 1.82) is 0 Å². The third-order valence-corrected chi connectivity index (χ3v) is 3.75. The summed E-state index contributed by atoms with van der Waals surface area (Å²) < 4.78 is 17.8. The average Bonchev–Trinajstić information content (AvgIpc) is 3.25. The lowest BCUT2D eigenvalue weighted by Gasteiger charge is -2.18. The van der Waals surface area contributed by atoms with Gasteiger partial charge in [-0.2, -0.15) is 0 Å². The lowest BCUT2D eigenvalue weighted by molar-refractivity contribution is 0.00743. The highest BCUT2D eigenvalue weighted by Gasteiger charge is 2.39. The Morgan fingerprint density at radius 1 is 1.55 bits per heavy atom. The van der Waals surface area contributed by atoms with Gasteiger partial charge in [-0.1, -0.05) is 0 Å². The number of fused-ring (bicyclic) bond motifs is 1. The minimum atomic E-state index is -0.565. The number of ether oxygens (including phenoxy) is 1. The Kier molecular flexibility index (Phi) is 3.69. The Labute approximate surface area is 116 Å². The molecule has 0 bridgehead atoms. The lowest BCUT2D eigenvalue weighted by atomic mass is 10.2. The molecular weight excluding hydrogens is 261 g/mol. The first-order valence-corrected chi connectivity index (χ1v) is 6.77. The Morgan fingerprint density at radius 2 is 2.35 bits per heavy atom. The van der Waals surface area contributed by atoms with E-state index in [1.54, 1.807) is 6.07 Å². The minimum Gasteiger partial charge on any atom is -0.473 e. The van der Waals surface area contributed by atoms with Gasteiger partial charge in [0.05, 0.1) is 12.0 Å². The molecule has 6 heteroatoms. The fourth-order valence-electron chi connectivity index (χ4n) is 2.41. The van der Waals surface area contributed by atoms with Crippen molar-refractivity contribution in [2.24, 2.45) is 5.73 Å². The maximum Gasteiger partial charge on any atom is 0.213 e. The van der Waals surface area contributed by atoms with Crippen LogP contribution in [0.4, 0.5) is 4.39 Å². The molecular formula is C14H18FN3O2. The van der Waals surface area contributed by atoms with Gasteiger partial charge in [-0.3, -0.25) is 4.90 Å². The van der Waals surface area contributed by atoms with Crippen LogP contribution in [-0.4, -0.2) is 34.2 Å². The van der Waals surface area contributed by atoms with Gasteiger partial charge in [0, 0.05) is 36.3 Å². The smallest absolute Gasteiger partial charge is 0.213 e. The normalized spacial score (nSPS) is 22.9. The summed E-state index contributed by atoms with van der Waals surface area (Å²) in [4.78, 5) is 6.44. The SMILES string of the molecule is NC/C(=C/F)COc1ccc2c(n1)CN(C1CC1)C2O. The number of aliphatic hydroxyl groups excluding tert-OH is 1. The zero-order chi connectivity index (χ0) is 14.1. The molecule has 1 fully saturated rings. The molecule has 2 heterocycles. The minimum absolute atomic E-state index is 0.0910. The summed E-state index contributed by atoms with van der Waals surface area (Å²) in [7, 11) is 0. The summed E-state index contributed by atoms with van der Waals surface area (Å²) in [5, 5.41) is 10.2. The summed E-state index contributed by atoms with van der Waals surface area (Å²) >= 11 is 0. The number of pyridine rings is 1. The summed E-state index contributed by atoms with van der Waals surface area (Å²) in [5.41, 5.74) is 7.42. The Hall–Kier alpha value is -1.50. The van der Waals surface area contributed by atoms with Crippen molar-refractivity contribution < 1.29 is 14.2 Å². The number of aliphatic hydroxyl groups is 1. The van der Waals surface area contributed by atoms with E-state index in [0.29, 0.717) is 30.4 Å². The van der Waals surface area contributed by atoms with E-state index in [0.717, 1.165) is 24.1 Å². The predicted molar refractivity (Wildman–Crippen MR) is 71.5 cm³/mol. The van der Waals surface area contributed by atoms with Crippen molar-refractivity contribution in [3.8, 4) is 5.88 Å². The van der Waals surface area contributed by atoms with E-state index in [1.165, 1.54) is 0 Å². The summed E-state index contributed by atoms with van der Waals surface area (Å²) in [5.74, 6) is 0.432. The number of rotatable bonds is 5. The molecule has 1 atom stereocenters. The second kappa shape index (κ2) is 5.47. The maximum atomic E-state index is 12.4. The van der Waals surface area contributed by atoms with Gasteiger partial charge in [-0.25, -0.2) is 9.37 Å². The van der Waals surface area contributed by atoms with Crippen LogP contribution < -0.4 is 10.5 Å². The highest BCUT2D eigenvalue weighted by Crippen LogP contribution is 2.40. The summed E-state index contributed by atoms with van der Waals surface area (Å²) in [6, 6.07) is 4.00. The summed E-state index contributed by atoms with van der Waals surface area (Å²) in [6.07, 6.45) is 2.17. The van der Waals surface area contributed by atoms with Crippen molar-refractivity contribution in [2.75, 3.05) is 13.2 Å². The van der Waals surface area contributed by atoms with Crippen LogP contribution in [0.15, 0.2) is 24.0 Å². The molecule has 0 amide bonds. The zero-order valence-electron chi connectivity index (χ0n) is 11.1. The highest BCUT2D eigenvalue weighted by atomic mass is 19.1. The van der Waals surface area contributed by atoms with Crippen LogP contribution in [0.5, 0.6) is 5.88 Å². The van der Waals surface area contributed by atoms with Gasteiger partial charge in [0.2, 0.25) is 5.88 Å². The molecule has 20 heavy (non-hydrogen) atoms. The van der Waals surface area contributed by atoms with Gasteiger partial charge < -0.3 is 15.6 Å². The van der Waals surface area contributed by atoms with E-state index in [4.69, 9.17) is 10.5 Å². The topological polar surface area (TPSA) is 71.6 Å². The van der Waals surface area contributed by atoms with Gasteiger partial charge in [0.25, 0.3) is 0 Å². The predicted octanol–water partition coefficient (Wildman–Crippen LogP) is 1.24. The van der Waals surface area contributed by atoms with Crippen molar-refractivity contribution >= 4 is 0 Å². The number of hydrogen-bond donors (Lipinski definition) is 2. The quantitative estimate of drug-likeness (QED) is 0.848. The number of halogens is 1. The monoisotopic (exact) mass is 279 g/mol. The maximum absolute atomic E-state index is 12.4. The van der Waals surface area contributed by atoms with Crippen LogP contribution in [0, 0.1) is 0 Å². The third-order valence-electron chi connectivity index (χ3n) is 3.75. The number of nitrogens with zero attached hydrogens (tertiary/aromatic N) is 2. The largest absolute Gasteiger partial charge is 0.473 e. The molecule has 108 valence electrons. The molecule has 1 saturated carbocycles. The van der Waals surface area contributed by atoms with E-state index in [-0.39, 0.29) is 13.2 Å². The number of nitrogens with two attached hydrogens (primary N) is 1. The van der Waals surface area contributed by atoms with E-state index < -0.39 is 6.23 Å². The number of aromatic nitrogens is 1.